The minimum Gasteiger partial charge on any atom is -0.264 e. The van der Waals surface area contributed by atoms with E-state index in [0.29, 0.717) is 5.56 Å². The minimum atomic E-state index is -0.586. The number of rotatable bonds is 2. The van der Waals surface area contributed by atoms with E-state index in [1.54, 1.807) is 25.4 Å². The van der Waals surface area contributed by atoms with E-state index in [4.69, 9.17) is 11.6 Å². The molecule has 0 bridgehead atoms. The van der Waals surface area contributed by atoms with Gasteiger partial charge in [-0.05, 0) is 18.6 Å². The van der Waals surface area contributed by atoms with Gasteiger partial charge in [0.2, 0.25) is 5.15 Å². The van der Waals surface area contributed by atoms with Crippen molar-refractivity contribution in [2.45, 2.75) is 6.92 Å². The molecule has 0 unspecified atom stereocenters. The fourth-order valence-electron chi connectivity index (χ4n) is 1.46. The predicted molar refractivity (Wildman–Crippen MR) is 61.7 cm³/mol. The monoisotopic (exact) mass is 250 g/mol. The van der Waals surface area contributed by atoms with Crippen molar-refractivity contribution < 1.29 is 4.92 Å². The SMILES string of the molecule is Cc1cnccc1-c1ncnc(Cl)c1[N+](=O)[O-]. The topological polar surface area (TPSA) is 81.8 Å². The Labute approximate surface area is 101 Å². The molecule has 0 aliphatic rings. The number of hydrogen-bond donors (Lipinski definition) is 0. The zero-order valence-corrected chi connectivity index (χ0v) is 9.55. The third kappa shape index (κ3) is 2.07. The molecule has 2 heterocycles. The predicted octanol–water partition coefficient (Wildman–Crippen LogP) is 2.41. The van der Waals surface area contributed by atoms with Crippen molar-refractivity contribution in [2.24, 2.45) is 0 Å². The molecule has 0 radical (unpaired) electrons. The molecule has 0 atom stereocenters. The fourth-order valence-corrected chi connectivity index (χ4v) is 1.66. The Bertz CT molecular complexity index is 588. The smallest absolute Gasteiger partial charge is 0.264 e. The van der Waals surface area contributed by atoms with Gasteiger partial charge < -0.3 is 0 Å². The van der Waals surface area contributed by atoms with Crippen LogP contribution in [-0.2, 0) is 0 Å². The van der Waals surface area contributed by atoms with Gasteiger partial charge in [0.15, 0.2) is 5.69 Å². The van der Waals surface area contributed by atoms with E-state index in [0.717, 1.165) is 5.56 Å². The first-order valence-corrected chi connectivity index (χ1v) is 5.05. The molecular formula is C10H7ClN4O2. The molecule has 0 fully saturated rings. The fraction of sp³-hybridized carbons (Fsp3) is 0.100. The number of aryl methyl sites for hydroxylation is 1. The summed E-state index contributed by atoms with van der Waals surface area (Å²) in [6.07, 6.45) is 4.35. The molecule has 0 saturated carbocycles. The minimum absolute atomic E-state index is 0.170. The van der Waals surface area contributed by atoms with E-state index in [2.05, 4.69) is 15.0 Å². The van der Waals surface area contributed by atoms with Gasteiger partial charge in [-0.2, -0.15) is 0 Å². The summed E-state index contributed by atoms with van der Waals surface area (Å²) in [4.78, 5) is 21.8. The highest BCUT2D eigenvalue weighted by molar-refractivity contribution is 6.31. The maximum Gasteiger partial charge on any atom is 0.332 e. The standard InChI is InChI=1S/C10H7ClN4O2/c1-6-4-12-3-2-7(6)8-9(15(16)17)10(11)14-5-13-8/h2-5H,1H3. The third-order valence-corrected chi connectivity index (χ3v) is 2.51. The first kappa shape index (κ1) is 11.4. The second-order valence-corrected chi connectivity index (χ2v) is 3.67. The van der Waals surface area contributed by atoms with Gasteiger partial charge in [-0.15, -0.1) is 0 Å². The van der Waals surface area contributed by atoms with Crippen LogP contribution in [0, 0.1) is 17.0 Å². The third-order valence-electron chi connectivity index (χ3n) is 2.24. The van der Waals surface area contributed by atoms with Gasteiger partial charge in [0.05, 0.1) is 4.92 Å². The van der Waals surface area contributed by atoms with Crippen LogP contribution in [0.25, 0.3) is 11.3 Å². The number of aromatic nitrogens is 3. The molecular weight excluding hydrogens is 244 g/mol. The maximum atomic E-state index is 11.0. The van der Waals surface area contributed by atoms with Gasteiger partial charge >= 0.3 is 5.69 Å². The van der Waals surface area contributed by atoms with Crippen molar-refractivity contribution in [2.75, 3.05) is 0 Å². The van der Waals surface area contributed by atoms with Gasteiger partial charge in [-0.3, -0.25) is 15.1 Å². The van der Waals surface area contributed by atoms with Gasteiger partial charge in [0.1, 0.15) is 6.33 Å². The average molecular weight is 251 g/mol. The van der Waals surface area contributed by atoms with Crippen LogP contribution < -0.4 is 0 Å². The van der Waals surface area contributed by atoms with E-state index in [1.807, 2.05) is 0 Å². The van der Waals surface area contributed by atoms with Crippen LogP contribution in [0.4, 0.5) is 5.69 Å². The summed E-state index contributed by atoms with van der Waals surface area (Å²) in [7, 11) is 0. The lowest BCUT2D eigenvalue weighted by Gasteiger charge is -2.05. The highest BCUT2D eigenvalue weighted by Gasteiger charge is 2.23. The van der Waals surface area contributed by atoms with E-state index in [9.17, 15) is 10.1 Å². The Morgan fingerprint density at radius 3 is 2.82 bits per heavy atom. The normalized spacial score (nSPS) is 10.2. The van der Waals surface area contributed by atoms with Gasteiger partial charge in [-0.25, -0.2) is 9.97 Å². The number of pyridine rings is 1. The van der Waals surface area contributed by atoms with Gasteiger partial charge in [-0.1, -0.05) is 11.6 Å². The first-order chi connectivity index (χ1) is 8.11. The second-order valence-electron chi connectivity index (χ2n) is 3.31. The highest BCUT2D eigenvalue weighted by atomic mass is 35.5. The molecule has 0 N–H and O–H groups in total. The zero-order valence-electron chi connectivity index (χ0n) is 8.79. The van der Waals surface area contributed by atoms with Crippen molar-refractivity contribution in [1.29, 1.82) is 0 Å². The number of halogens is 1. The molecule has 0 aliphatic carbocycles. The van der Waals surface area contributed by atoms with Crippen LogP contribution in [0.5, 0.6) is 0 Å². The zero-order chi connectivity index (χ0) is 12.4. The Kier molecular flexibility index (Phi) is 2.97. The van der Waals surface area contributed by atoms with E-state index >= 15 is 0 Å². The van der Waals surface area contributed by atoms with Gasteiger partial charge in [0.25, 0.3) is 0 Å². The Morgan fingerprint density at radius 1 is 1.41 bits per heavy atom. The van der Waals surface area contributed by atoms with E-state index < -0.39 is 4.92 Å². The molecule has 0 spiro atoms. The summed E-state index contributed by atoms with van der Waals surface area (Å²) >= 11 is 5.72. The first-order valence-electron chi connectivity index (χ1n) is 4.67. The number of nitrogens with zero attached hydrogens (tertiary/aromatic N) is 4. The van der Waals surface area contributed by atoms with Crippen molar-refractivity contribution in [1.82, 2.24) is 15.0 Å². The van der Waals surface area contributed by atoms with Crippen molar-refractivity contribution in [3.8, 4) is 11.3 Å². The Balaban J connectivity index is 2.72. The lowest BCUT2D eigenvalue weighted by atomic mass is 10.1. The summed E-state index contributed by atoms with van der Waals surface area (Å²) in [6, 6.07) is 1.65. The molecule has 2 rings (SSSR count). The second kappa shape index (κ2) is 4.42. The molecule has 2 aromatic rings. The van der Waals surface area contributed by atoms with Crippen molar-refractivity contribution in [3.63, 3.8) is 0 Å². The number of nitro groups is 1. The van der Waals surface area contributed by atoms with Crippen LogP contribution in [0.3, 0.4) is 0 Å². The number of hydrogen-bond acceptors (Lipinski definition) is 5. The van der Waals surface area contributed by atoms with Crippen LogP contribution >= 0.6 is 11.6 Å². The Morgan fingerprint density at radius 2 is 2.18 bits per heavy atom. The lowest BCUT2D eigenvalue weighted by Crippen LogP contribution is -1.98. The molecule has 7 heteroatoms. The molecule has 0 aliphatic heterocycles. The average Bonchev–Trinajstić information content (AvgIpc) is 2.28. The van der Waals surface area contributed by atoms with E-state index in [-0.39, 0.29) is 16.5 Å². The lowest BCUT2D eigenvalue weighted by molar-refractivity contribution is -0.384. The van der Waals surface area contributed by atoms with Crippen LogP contribution in [0.1, 0.15) is 5.56 Å². The summed E-state index contributed by atoms with van der Waals surface area (Å²) < 4.78 is 0. The molecule has 2 aromatic heterocycles. The Hall–Kier alpha value is -2.08. The van der Waals surface area contributed by atoms with Crippen molar-refractivity contribution >= 4 is 17.3 Å². The molecule has 6 nitrogen and oxygen atoms in total. The molecule has 0 aromatic carbocycles. The highest BCUT2D eigenvalue weighted by Crippen LogP contribution is 2.33. The summed E-state index contributed by atoms with van der Waals surface area (Å²) in [5.74, 6) is 0. The quantitative estimate of drug-likeness (QED) is 0.464. The molecule has 86 valence electrons. The molecule has 0 saturated heterocycles. The molecule has 0 amide bonds. The van der Waals surface area contributed by atoms with Crippen molar-refractivity contribution in [3.05, 3.63) is 45.6 Å². The van der Waals surface area contributed by atoms with Crippen LogP contribution in [0.15, 0.2) is 24.8 Å². The van der Waals surface area contributed by atoms with E-state index in [1.165, 1.54) is 6.33 Å². The summed E-state index contributed by atoms with van der Waals surface area (Å²) in [5, 5.41) is 10.8. The molecule has 17 heavy (non-hydrogen) atoms. The summed E-state index contributed by atoms with van der Waals surface area (Å²) in [5.41, 5.74) is 1.32. The van der Waals surface area contributed by atoms with Crippen LogP contribution in [0.2, 0.25) is 5.15 Å². The largest absolute Gasteiger partial charge is 0.332 e. The van der Waals surface area contributed by atoms with Crippen LogP contribution in [-0.4, -0.2) is 19.9 Å². The maximum absolute atomic E-state index is 11.0. The van der Waals surface area contributed by atoms with Gasteiger partial charge in [0, 0.05) is 18.0 Å². The summed E-state index contributed by atoms with van der Waals surface area (Å²) in [6.45, 7) is 1.79.